The summed E-state index contributed by atoms with van der Waals surface area (Å²) in [6, 6.07) is 7.60. The lowest BCUT2D eigenvalue weighted by atomic mass is 10.1. The van der Waals surface area contributed by atoms with Gasteiger partial charge in [-0.05, 0) is 23.6 Å². The second kappa shape index (κ2) is 7.45. The van der Waals surface area contributed by atoms with E-state index in [4.69, 9.17) is 4.42 Å². The number of aryl methyl sites for hydroxylation is 1. The van der Waals surface area contributed by atoms with Crippen molar-refractivity contribution in [2.24, 2.45) is 12.1 Å². The zero-order valence-corrected chi connectivity index (χ0v) is 17.1. The van der Waals surface area contributed by atoms with Gasteiger partial charge in [0, 0.05) is 18.3 Å². The van der Waals surface area contributed by atoms with Gasteiger partial charge in [0.25, 0.3) is 5.91 Å². The van der Waals surface area contributed by atoms with E-state index in [9.17, 15) is 4.79 Å². The van der Waals surface area contributed by atoms with E-state index in [1.54, 1.807) is 33.5 Å². The Morgan fingerprint density at radius 1 is 1.34 bits per heavy atom. The predicted octanol–water partition coefficient (Wildman–Crippen LogP) is 3.49. The fraction of sp³-hybridized carbons (Fsp3) is 0.211. The summed E-state index contributed by atoms with van der Waals surface area (Å²) < 4.78 is 7.18. The molecule has 1 amide bonds. The first-order chi connectivity index (χ1) is 14.2. The van der Waals surface area contributed by atoms with E-state index in [1.165, 1.54) is 18.1 Å². The molecule has 0 aromatic carbocycles. The number of amides is 1. The van der Waals surface area contributed by atoms with E-state index < -0.39 is 0 Å². The van der Waals surface area contributed by atoms with Crippen LogP contribution in [0.5, 0.6) is 0 Å². The molecular weight excluding hydrogens is 408 g/mol. The number of furan rings is 1. The monoisotopic (exact) mass is 424 g/mol. The van der Waals surface area contributed by atoms with E-state index in [2.05, 4.69) is 20.2 Å². The van der Waals surface area contributed by atoms with E-state index in [0.29, 0.717) is 12.2 Å². The summed E-state index contributed by atoms with van der Waals surface area (Å²) in [5, 5.41) is 14.0. The Balaban J connectivity index is 1.39. The molecule has 0 saturated heterocycles. The lowest BCUT2D eigenvalue weighted by Crippen LogP contribution is -2.28. The average molecular weight is 425 g/mol. The second-order valence-corrected chi connectivity index (χ2v) is 8.41. The number of aromatic nitrogens is 4. The summed E-state index contributed by atoms with van der Waals surface area (Å²) in [4.78, 5) is 22.8. The van der Waals surface area contributed by atoms with Gasteiger partial charge in [-0.2, -0.15) is 10.2 Å². The van der Waals surface area contributed by atoms with E-state index in [1.807, 2.05) is 36.7 Å². The van der Waals surface area contributed by atoms with Gasteiger partial charge in [0.2, 0.25) is 0 Å². The molecule has 8 nitrogen and oxygen atoms in total. The van der Waals surface area contributed by atoms with Gasteiger partial charge in [-0.15, -0.1) is 11.3 Å². The maximum absolute atomic E-state index is 13.1. The summed E-state index contributed by atoms with van der Waals surface area (Å²) in [7, 11) is 1.83. The smallest absolute Gasteiger partial charge is 0.253 e. The Kier molecular flexibility index (Phi) is 4.64. The molecule has 1 aliphatic heterocycles. The Labute approximate surface area is 174 Å². The molecule has 0 N–H and O–H groups in total. The first kappa shape index (κ1) is 18.1. The number of nitrogens with zero attached hydrogens (tertiary/aromatic N) is 6. The van der Waals surface area contributed by atoms with Crippen LogP contribution in [0.25, 0.3) is 11.0 Å². The van der Waals surface area contributed by atoms with Crippen molar-refractivity contribution in [3.05, 3.63) is 59.1 Å². The van der Waals surface area contributed by atoms with E-state index in [0.717, 1.165) is 26.6 Å². The van der Waals surface area contributed by atoms with Crippen LogP contribution < -0.4 is 0 Å². The molecule has 0 radical (unpaired) electrons. The number of thiophene rings is 1. The molecule has 1 aliphatic rings. The highest BCUT2D eigenvalue weighted by Crippen LogP contribution is 2.36. The van der Waals surface area contributed by atoms with E-state index in [-0.39, 0.29) is 17.7 Å². The van der Waals surface area contributed by atoms with Gasteiger partial charge >= 0.3 is 0 Å². The van der Waals surface area contributed by atoms with Crippen LogP contribution in [0.1, 0.15) is 23.1 Å². The summed E-state index contributed by atoms with van der Waals surface area (Å²) in [6.07, 6.45) is 5.46. The fourth-order valence-corrected chi connectivity index (χ4v) is 4.91. The van der Waals surface area contributed by atoms with Gasteiger partial charge in [0.1, 0.15) is 22.8 Å². The fourth-order valence-electron chi connectivity index (χ4n) is 3.29. The highest BCUT2D eigenvalue weighted by Gasteiger charge is 2.34. The molecule has 1 atom stereocenters. The molecule has 5 rings (SSSR count). The third-order valence-electron chi connectivity index (χ3n) is 4.67. The van der Waals surface area contributed by atoms with Gasteiger partial charge in [0.05, 0.1) is 29.6 Å². The predicted molar refractivity (Wildman–Crippen MR) is 111 cm³/mol. The van der Waals surface area contributed by atoms with Crippen molar-refractivity contribution in [2.75, 3.05) is 5.75 Å². The third kappa shape index (κ3) is 3.34. The van der Waals surface area contributed by atoms with Crippen LogP contribution in [0.2, 0.25) is 0 Å². The summed E-state index contributed by atoms with van der Waals surface area (Å²) in [5.74, 6) is 0.839. The van der Waals surface area contributed by atoms with Crippen molar-refractivity contribution in [3.63, 3.8) is 0 Å². The lowest BCUT2D eigenvalue weighted by Gasteiger charge is -2.20. The number of rotatable bonds is 5. The third-order valence-corrected chi connectivity index (χ3v) is 6.63. The number of thioether (sulfide) groups is 1. The Hall–Kier alpha value is -2.98. The van der Waals surface area contributed by atoms with Crippen LogP contribution in [0.3, 0.4) is 0 Å². The Morgan fingerprint density at radius 3 is 3.07 bits per heavy atom. The second-order valence-electron chi connectivity index (χ2n) is 6.47. The van der Waals surface area contributed by atoms with Crippen molar-refractivity contribution >= 4 is 45.8 Å². The minimum absolute atomic E-state index is 0.0781. The molecule has 4 aromatic heterocycles. The minimum atomic E-state index is -0.119. The van der Waals surface area contributed by atoms with Crippen molar-refractivity contribution in [1.82, 2.24) is 24.8 Å². The van der Waals surface area contributed by atoms with E-state index >= 15 is 0 Å². The van der Waals surface area contributed by atoms with Crippen LogP contribution >= 0.6 is 23.1 Å². The molecule has 4 aromatic rings. The molecule has 146 valence electrons. The summed E-state index contributed by atoms with van der Waals surface area (Å²) in [5.41, 5.74) is 1.52. The lowest BCUT2D eigenvalue weighted by molar-refractivity contribution is -0.130. The number of hydrogen-bond donors (Lipinski definition) is 0. The van der Waals surface area contributed by atoms with Gasteiger partial charge in [-0.1, -0.05) is 17.8 Å². The maximum Gasteiger partial charge on any atom is 0.253 e. The van der Waals surface area contributed by atoms with Crippen molar-refractivity contribution < 1.29 is 9.21 Å². The van der Waals surface area contributed by atoms with Gasteiger partial charge in [-0.25, -0.2) is 15.0 Å². The number of fused-ring (bicyclic) bond motifs is 1. The standard InChI is InChI=1S/C19H16N6O2S2/c1-24-18-12(9-22-24)19(21-11-20-18)29-10-17(26)25-14(16-5-3-7-28-16)8-13(23-25)15-4-2-6-27-15/h2-7,9,11,14H,8,10H2,1H3. The van der Waals surface area contributed by atoms with Gasteiger partial charge in [-0.3, -0.25) is 9.48 Å². The van der Waals surface area contributed by atoms with Crippen molar-refractivity contribution in [2.45, 2.75) is 17.5 Å². The highest BCUT2D eigenvalue weighted by molar-refractivity contribution is 8.00. The number of hydrogen-bond acceptors (Lipinski definition) is 8. The average Bonchev–Trinajstić information content (AvgIpc) is 3.52. The molecule has 0 spiro atoms. The molecule has 10 heteroatoms. The van der Waals surface area contributed by atoms with Crippen LogP contribution in [-0.2, 0) is 11.8 Å². The van der Waals surface area contributed by atoms with Crippen LogP contribution in [0, 0.1) is 0 Å². The first-order valence-electron chi connectivity index (χ1n) is 8.93. The highest BCUT2D eigenvalue weighted by atomic mass is 32.2. The quantitative estimate of drug-likeness (QED) is 0.360. The first-order valence-corrected chi connectivity index (χ1v) is 10.8. The minimum Gasteiger partial charge on any atom is -0.463 e. The topological polar surface area (TPSA) is 89.4 Å². The summed E-state index contributed by atoms with van der Waals surface area (Å²) >= 11 is 2.99. The SMILES string of the molecule is Cn1ncc2c(SCC(=O)N3N=C(c4ccco4)CC3c3cccs3)ncnc21. The van der Waals surface area contributed by atoms with Crippen LogP contribution in [0.4, 0.5) is 0 Å². The number of hydrazone groups is 1. The van der Waals surface area contributed by atoms with Crippen molar-refractivity contribution in [1.29, 1.82) is 0 Å². The van der Waals surface area contributed by atoms with Crippen LogP contribution in [-0.4, -0.2) is 42.1 Å². The van der Waals surface area contributed by atoms with Gasteiger partial charge in [0.15, 0.2) is 5.65 Å². The summed E-state index contributed by atoms with van der Waals surface area (Å²) in [6.45, 7) is 0. The zero-order chi connectivity index (χ0) is 19.8. The van der Waals surface area contributed by atoms with Crippen LogP contribution in [0.15, 0.2) is 63.0 Å². The molecule has 1 unspecified atom stereocenters. The number of carbonyl (C=O) groups excluding carboxylic acids is 1. The molecule has 29 heavy (non-hydrogen) atoms. The van der Waals surface area contributed by atoms with Gasteiger partial charge < -0.3 is 4.42 Å². The molecule has 5 heterocycles. The Morgan fingerprint density at radius 2 is 2.28 bits per heavy atom. The largest absolute Gasteiger partial charge is 0.463 e. The molecule has 0 bridgehead atoms. The maximum atomic E-state index is 13.1. The number of carbonyl (C=O) groups is 1. The molecule has 0 fully saturated rings. The molecule has 0 saturated carbocycles. The normalized spacial score (nSPS) is 16.5. The molecular formula is C19H16N6O2S2. The Bertz CT molecular complexity index is 1180. The van der Waals surface area contributed by atoms with Crippen molar-refractivity contribution in [3.8, 4) is 0 Å². The molecule has 0 aliphatic carbocycles. The zero-order valence-electron chi connectivity index (χ0n) is 15.4.